The maximum absolute atomic E-state index is 10.7. The van der Waals surface area contributed by atoms with Gasteiger partial charge in [-0.1, -0.05) is 0 Å². The fourth-order valence-electron chi connectivity index (χ4n) is 2.19. The highest BCUT2D eigenvalue weighted by Gasteiger charge is 2.15. The van der Waals surface area contributed by atoms with Gasteiger partial charge in [-0.25, -0.2) is 14.6 Å². The first kappa shape index (κ1) is 21.1. The molecule has 1 N–H and O–H groups in total. The number of nitrogens with zero attached hydrogens (tertiary/aromatic N) is 5. The zero-order chi connectivity index (χ0) is 15.6. The van der Waals surface area contributed by atoms with Crippen LogP contribution < -0.4 is 4.90 Å². The van der Waals surface area contributed by atoms with Crippen molar-refractivity contribution in [2.75, 3.05) is 19.0 Å². The maximum atomic E-state index is 10.7. The van der Waals surface area contributed by atoms with Crippen LogP contribution >= 0.6 is 24.8 Å². The lowest BCUT2D eigenvalue weighted by atomic mass is 10.1. The van der Waals surface area contributed by atoms with Gasteiger partial charge in [0.25, 0.3) is 0 Å². The van der Waals surface area contributed by atoms with Crippen LogP contribution in [0.3, 0.4) is 0 Å². The SMILES string of the molecule is Cc1nn(-c2cc(N(C)C)ncn2)c(C)c1CCC(=O)O.Cl.Cl. The summed E-state index contributed by atoms with van der Waals surface area (Å²) in [5.74, 6) is 0.661. The average molecular weight is 362 g/mol. The number of halogens is 2. The van der Waals surface area contributed by atoms with Gasteiger partial charge in [0.05, 0.1) is 5.69 Å². The number of anilines is 1. The van der Waals surface area contributed by atoms with Gasteiger partial charge in [0.2, 0.25) is 0 Å². The normalized spacial score (nSPS) is 9.74. The molecule has 0 aliphatic heterocycles. The van der Waals surface area contributed by atoms with Gasteiger partial charge in [0.1, 0.15) is 12.1 Å². The molecular weight excluding hydrogens is 341 g/mol. The van der Waals surface area contributed by atoms with Crippen molar-refractivity contribution in [3.05, 3.63) is 29.3 Å². The van der Waals surface area contributed by atoms with E-state index in [0.717, 1.165) is 22.8 Å². The minimum atomic E-state index is -0.807. The predicted molar refractivity (Wildman–Crippen MR) is 93.4 cm³/mol. The first-order valence-corrected chi connectivity index (χ1v) is 6.66. The molecule has 0 saturated carbocycles. The summed E-state index contributed by atoms with van der Waals surface area (Å²) in [5, 5.41) is 13.3. The van der Waals surface area contributed by atoms with Crippen LogP contribution in [0.1, 0.15) is 23.4 Å². The Morgan fingerprint density at radius 2 is 1.91 bits per heavy atom. The minimum Gasteiger partial charge on any atom is -0.481 e. The lowest BCUT2D eigenvalue weighted by molar-refractivity contribution is -0.136. The van der Waals surface area contributed by atoms with Crippen molar-refractivity contribution < 1.29 is 9.90 Å². The molecule has 9 heteroatoms. The summed E-state index contributed by atoms with van der Waals surface area (Å²) in [6, 6.07) is 1.85. The molecule has 0 fully saturated rings. The zero-order valence-electron chi connectivity index (χ0n) is 13.5. The molecule has 0 bridgehead atoms. The Balaban J connectivity index is 0.00000242. The molecule has 0 atom stereocenters. The lowest BCUT2D eigenvalue weighted by Crippen LogP contribution is -2.12. The third-order valence-electron chi connectivity index (χ3n) is 3.34. The molecule has 0 amide bonds. The molecule has 0 unspecified atom stereocenters. The van der Waals surface area contributed by atoms with Gasteiger partial charge in [0, 0.05) is 32.3 Å². The molecule has 0 aliphatic rings. The van der Waals surface area contributed by atoms with E-state index in [0.29, 0.717) is 12.2 Å². The van der Waals surface area contributed by atoms with E-state index in [9.17, 15) is 4.79 Å². The largest absolute Gasteiger partial charge is 0.481 e. The molecule has 0 aromatic carbocycles. The second-order valence-electron chi connectivity index (χ2n) is 5.08. The molecule has 7 nitrogen and oxygen atoms in total. The summed E-state index contributed by atoms with van der Waals surface area (Å²) in [4.78, 5) is 21.1. The summed E-state index contributed by atoms with van der Waals surface area (Å²) >= 11 is 0. The average Bonchev–Trinajstić information content (AvgIpc) is 2.72. The van der Waals surface area contributed by atoms with E-state index < -0.39 is 5.97 Å². The summed E-state index contributed by atoms with van der Waals surface area (Å²) < 4.78 is 1.74. The third-order valence-corrected chi connectivity index (χ3v) is 3.34. The topological polar surface area (TPSA) is 84.1 Å². The Morgan fingerprint density at radius 3 is 2.48 bits per heavy atom. The van der Waals surface area contributed by atoms with Gasteiger partial charge in [-0.2, -0.15) is 5.10 Å². The number of hydrogen-bond acceptors (Lipinski definition) is 5. The van der Waals surface area contributed by atoms with Crippen LogP contribution in [0.5, 0.6) is 0 Å². The van der Waals surface area contributed by atoms with Crippen LogP contribution in [0.15, 0.2) is 12.4 Å². The number of hydrogen-bond donors (Lipinski definition) is 1. The van der Waals surface area contributed by atoms with E-state index in [-0.39, 0.29) is 31.2 Å². The molecule has 0 radical (unpaired) electrons. The highest BCUT2D eigenvalue weighted by atomic mass is 35.5. The van der Waals surface area contributed by atoms with Crippen LogP contribution in [0, 0.1) is 13.8 Å². The number of aliphatic carboxylic acids is 1. The Bertz CT molecular complexity index is 673. The van der Waals surface area contributed by atoms with Crippen LogP contribution in [-0.2, 0) is 11.2 Å². The van der Waals surface area contributed by atoms with E-state index in [4.69, 9.17) is 5.11 Å². The second kappa shape index (κ2) is 8.69. The highest BCUT2D eigenvalue weighted by molar-refractivity contribution is 5.85. The second-order valence-corrected chi connectivity index (χ2v) is 5.08. The zero-order valence-corrected chi connectivity index (χ0v) is 15.1. The number of rotatable bonds is 5. The summed E-state index contributed by atoms with van der Waals surface area (Å²) in [6.45, 7) is 3.81. The predicted octanol–water partition coefficient (Wildman–Crippen LogP) is 2.21. The monoisotopic (exact) mass is 361 g/mol. The molecule has 2 rings (SSSR count). The molecular formula is C14H21Cl2N5O2. The quantitative estimate of drug-likeness (QED) is 0.878. The van der Waals surface area contributed by atoms with Gasteiger partial charge >= 0.3 is 5.97 Å². The van der Waals surface area contributed by atoms with Gasteiger partial charge in [-0.3, -0.25) is 4.79 Å². The van der Waals surface area contributed by atoms with Crippen LogP contribution in [0.4, 0.5) is 5.82 Å². The number of aryl methyl sites for hydroxylation is 1. The third kappa shape index (κ3) is 4.80. The number of aromatic nitrogens is 4. The van der Waals surface area contributed by atoms with Crippen molar-refractivity contribution in [3.63, 3.8) is 0 Å². The summed E-state index contributed by atoms with van der Waals surface area (Å²) in [5.41, 5.74) is 2.71. The molecule has 2 aromatic rings. The number of carbonyl (C=O) groups is 1. The summed E-state index contributed by atoms with van der Waals surface area (Å²) in [6.07, 6.45) is 2.07. The van der Waals surface area contributed by atoms with Crippen LogP contribution in [0.25, 0.3) is 5.82 Å². The standard InChI is InChI=1S/C14H19N5O2.2ClH/c1-9-11(5-6-14(20)21)10(2)19(17-9)13-7-12(18(3)4)15-8-16-13;;/h7-8H,5-6H2,1-4H3,(H,20,21);2*1H. The summed E-state index contributed by atoms with van der Waals surface area (Å²) in [7, 11) is 3.82. The van der Waals surface area contributed by atoms with Gasteiger partial charge < -0.3 is 10.0 Å². The van der Waals surface area contributed by atoms with Gasteiger partial charge in [-0.15, -0.1) is 24.8 Å². The number of carboxylic acid groups (broad SMARTS) is 1. The maximum Gasteiger partial charge on any atom is 0.303 e. The molecule has 0 spiro atoms. The Morgan fingerprint density at radius 1 is 1.26 bits per heavy atom. The lowest BCUT2D eigenvalue weighted by Gasteiger charge is -2.12. The minimum absolute atomic E-state index is 0. The van der Waals surface area contributed by atoms with Crippen molar-refractivity contribution in [1.82, 2.24) is 19.7 Å². The Hall–Kier alpha value is -1.86. The van der Waals surface area contributed by atoms with Crippen molar-refractivity contribution in [1.29, 1.82) is 0 Å². The highest BCUT2D eigenvalue weighted by Crippen LogP contribution is 2.19. The van der Waals surface area contributed by atoms with E-state index in [2.05, 4.69) is 15.1 Å². The van der Waals surface area contributed by atoms with Crippen LogP contribution in [-0.4, -0.2) is 44.9 Å². The van der Waals surface area contributed by atoms with E-state index >= 15 is 0 Å². The van der Waals surface area contributed by atoms with Crippen LogP contribution in [0.2, 0.25) is 0 Å². The Kier molecular flexibility index (Phi) is 7.99. The van der Waals surface area contributed by atoms with Crippen molar-refractivity contribution in [2.45, 2.75) is 26.7 Å². The fourth-order valence-corrected chi connectivity index (χ4v) is 2.19. The van der Waals surface area contributed by atoms with Gasteiger partial charge in [0.15, 0.2) is 5.82 Å². The molecule has 128 valence electrons. The first-order valence-electron chi connectivity index (χ1n) is 6.66. The molecule has 2 heterocycles. The van der Waals surface area contributed by atoms with Gasteiger partial charge in [-0.05, 0) is 25.8 Å². The molecule has 2 aromatic heterocycles. The van der Waals surface area contributed by atoms with Crippen molar-refractivity contribution >= 4 is 36.6 Å². The molecule has 0 aliphatic carbocycles. The van der Waals surface area contributed by atoms with Crippen molar-refractivity contribution in [3.8, 4) is 5.82 Å². The molecule has 0 saturated heterocycles. The van der Waals surface area contributed by atoms with E-state index in [1.165, 1.54) is 6.33 Å². The van der Waals surface area contributed by atoms with E-state index in [1.807, 2.05) is 38.9 Å². The fraction of sp³-hybridized carbons (Fsp3) is 0.429. The van der Waals surface area contributed by atoms with Crippen molar-refractivity contribution in [2.24, 2.45) is 0 Å². The first-order chi connectivity index (χ1) is 9.90. The smallest absolute Gasteiger partial charge is 0.303 e. The Labute approximate surface area is 147 Å². The number of carboxylic acids is 1. The molecule has 23 heavy (non-hydrogen) atoms. The van der Waals surface area contributed by atoms with E-state index in [1.54, 1.807) is 4.68 Å².